The molecule has 100 valence electrons. The van der Waals surface area contributed by atoms with Crippen LogP contribution in [-0.2, 0) is 20.7 Å². The molecule has 0 aromatic heterocycles. The summed E-state index contributed by atoms with van der Waals surface area (Å²) in [6.45, 7) is 3.26. The van der Waals surface area contributed by atoms with Crippen molar-refractivity contribution in [3.63, 3.8) is 0 Å². The van der Waals surface area contributed by atoms with Crippen LogP contribution in [0.25, 0.3) is 0 Å². The predicted octanol–water partition coefficient (Wildman–Crippen LogP) is 2.13. The molecule has 0 bridgehead atoms. The molecule has 0 aliphatic carbocycles. The van der Waals surface area contributed by atoms with Gasteiger partial charge < -0.3 is 14.6 Å². The van der Waals surface area contributed by atoms with Crippen LogP contribution in [0.3, 0.4) is 0 Å². The van der Waals surface area contributed by atoms with Crippen LogP contribution in [0.15, 0.2) is 30.3 Å². The second-order valence-electron chi connectivity index (χ2n) is 3.92. The van der Waals surface area contributed by atoms with Crippen LogP contribution in [0, 0.1) is 0 Å². The van der Waals surface area contributed by atoms with Crippen molar-refractivity contribution in [2.45, 2.75) is 25.9 Å². The fourth-order valence-corrected chi connectivity index (χ4v) is 1.61. The van der Waals surface area contributed by atoms with Crippen LogP contribution in [0.2, 0.25) is 0 Å². The molecule has 0 spiro atoms. The zero-order chi connectivity index (χ0) is 13.2. The van der Waals surface area contributed by atoms with Crippen molar-refractivity contribution in [2.24, 2.45) is 0 Å². The van der Waals surface area contributed by atoms with Gasteiger partial charge in [0, 0.05) is 6.61 Å². The Kier molecular flexibility index (Phi) is 7.06. The Balaban J connectivity index is 2.32. The molecule has 0 aliphatic heterocycles. The third-order valence-corrected chi connectivity index (χ3v) is 2.56. The average molecular weight is 252 g/mol. The molecule has 1 aromatic carbocycles. The van der Waals surface area contributed by atoms with Crippen molar-refractivity contribution in [1.29, 1.82) is 0 Å². The van der Waals surface area contributed by atoms with Crippen LogP contribution in [0.1, 0.15) is 18.9 Å². The lowest BCUT2D eigenvalue weighted by atomic mass is 10.1. The van der Waals surface area contributed by atoms with E-state index in [0.29, 0.717) is 32.7 Å². The lowest BCUT2D eigenvalue weighted by molar-refractivity contribution is -0.151. The summed E-state index contributed by atoms with van der Waals surface area (Å²) in [5.74, 6) is -0.914. The Morgan fingerprint density at radius 1 is 1.28 bits per heavy atom. The molecular weight excluding hydrogens is 232 g/mol. The molecule has 0 aliphatic rings. The van der Waals surface area contributed by atoms with Crippen LogP contribution >= 0.6 is 0 Å². The number of aryl methyl sites for hydroxylation is 1. The summed E-state index contributed by atoms with van der Waals surface area (Å²) in [5.41, 5.74) is 1.12. The fourth-order valence-electron chi connectivity index (χ4n) is 1.61. The number of rotatable bonds is 9. The number of hydrogen-bond acceptors (Lipinski definition) is 3. The molecule has 1 rings (SSSR count). The minimum absolute atomic E-state index is 0.319. The van der Waals surface area contributed by atoms with Gasteiger partial charge in [0.25, 0.3) is 0 Å². The third kappa shape index (κ3) is 5.80. The van der Waals surface area contributed by atoms with Gasteiger partial charge in [0.2, 0.25) is 0 Å². The first-order chi connectivity index (χ1) is 8.74. The summed E-state index contributed by atoms with van der Waals surface area (Å²) >= 11 is 0. The zero-order valence-electron chi connectivity index (χ0n) is 10.7. The maximum Gasteiger partial charge on any atom is 0.332 e. The van der Waals surface area contributed by atoms with Gasteiger partial charge >= 0.3 is 5.97 Å². The summed E-state index contributed by atoms with van der Waals surface area (Å²) in [6.07, 6.45) is 0.420. The van der Waals surface area contributed by atoms with Gasteiger partial charge in [-0.1, -0.05) is 30.3 Å². The molecule has 0 saturated carbocycles. The van der Waals surface area contributed by atoms with Gasteiger partial charge in [0.05, 0.1) is 13.2 Å². The van der Waals surface area contributed by atoms with Gasteiger partial charge in [-0.3, -0.25) is 0 Å². The number of benzene rings is 1. The summed E-state index contributed by atoms with van der Waals surface area (Å²) in [6, 6.07) is 9.80. The van der Waals surface area contributed by atoms with Crippen LogP contribution in [-0.4, -0.2) is 37.0 Å². The topological polar surface area (TPSA) is 55.8 Å². The van der Waals surface area contributed by atoms with E-state index in [0.717, 1.165) is 5.56 Å². The highest BCUT2D eigenvalue weighted by atomic mass is 16.5. The van der Waals surface area contributed by atoms with E-state index in [1.807, 2.05) is 37.3 Å². The summed E-state index contributed by atoms with van der Waals surface area (Å²) in [5, 5.41) is 9.04. The molecule has 0 amide bonds. The molecule has 1 atom stereocenters. The molecule has 0 heterocycles. The molecule has 4 nitrogen and oxygen atoms in total. The van der Waals surface area contributed by atoms with Crippen LogP contribution in [0.5, 0.6) is 0 Å². The molecule has 0 unspecified atom stereocenters. The number of carboxylic acid groups (broad SMARTS) is 1. The van der Waals surface area contributed by atoms with E-state index in [1.54, 1.807) is 0 Å². The largest absolute Gasteiger partial charge is 0.479 e. The lowest BCUT2D eigenvalue weighted by Gasteiger charge is -2.13. The van der Waals surface area contributed by atoms with Crippen molar-refractivity contribution < 1.29 is 19.4 Å². The first kappa shape index (κ1) is 14.7. The molecule has 1 N–H and O–H groups in total. The Morgan fingerprint density at radius 3 is 2.61 bits per heavy atom. The number of carboxylic acids is 1. The second kappa shape index (κ2) is 8.66. The van der Waals surface area contributed by atoms with Gasteiger partial charge in [-0.15, -0.1) is 0 Å². The highest BCUT2D eigenvalue weighted by Gasteiger charge is 2.17. The molecule has 0 saturated heterocycles. The maximum atomic E-state index is 11.0. The summed E-state index contributed by atoms with van der Waals surface area (Å²) in [7, 11) is 0. The third-order valence-electron chi connectivity index (χ3n) is 2.56. The van der Waals surface area contributed by atoms with Gasteiger partial charge in [-0.2, -0.15) is 0 Å². The van der Waals surface area contributed by atoms with Crippen molar-refractivity contribution in [3.05, 3.63) is 35.9 Å². The van der Waals surface area contributed by atoms with E-state index in [-0.39, 0.29) is 0 Å². The monoisotopic (exact) mass is 252 g/mol. The predicted molar refractivity (Wildman–Crippen MR) is 68.6 cm³/mol. The van der Waals surface area contributed by atoms with E-state index in [9.17, 15) is 4.79 Å². The van der Waals surface area contributed by atoms with E-state index >= 15 is 0 Å². The normalized spacial score (nSPS) is 12.3. The molecule has 4 heteroatoms. The van der Waals surface area contributed by atoms with Crippen LogP contribution in [0.4, 0.5) is 0 Å². The lowest BCUT2D eigenvalue weighted by Crippen LogP contribution is -2.26. The van der Waals surface area contributed by atoms with Crippen LogP contribution < -0.4 is 0 Å². The Bertz CT molecular complexity index is 337. The first-order valence-electron chi connectivity index (χ1n) is 6.20. The van der Waals surface area contributed by atoms with E-state index in [4.69, 9.17) is 14.6 Å². The van der Waals surface area contributed by atoms with Gasteiger partial charge in [-0.05, 0) is 25.3 Å². The Morgan fingerprint density at radius 2 is 2.00 bits per heavy atom. The van der Waals surface area contributed by atoms with Crippen molar-refractivity contribution in [2.75, 3.05) is 19.8 Å². The average Bonchev–Trinajstić information content (AvgIpc) is 2.38. The Hall–Kier alpha value is -1.39. The molecular formula is C14H20O4. The maximum absolute atomic E-state index is 11.0. The highest BCUT2D eigenvalue weighted by Crippen LogP contribution is 2.07. The second-order valence-corrected chi connectivity index (χ2v) is 3.92. The van der Waals surface area contributed by atoms with Crippen molar-refractivity contribution >= 4 is 5.97 Å². The van der Waals surface area contributed by atoms with Gasteiger partial charge in [-0.25, -0.2) is 4.79 Å². The highest BCUT2D eigenvalue weighted by molar-refractivity contribution is 5.72. The minimum Gasteiger partial charge on any atom is -0.479 e. The standard InChI is InChI=1S/C14H20O4/c1-2-17-10-11-18-13(14(15)16)9-8-12-6-4-3-5-7-12/h3-7,13H,2,8-11H2,1H3,(H,15,16)/t13-/m0/s1. The Labute approximate surface area is 108 Å². The quantitative estimate of drug-likeness (QED) is 0.684. The first-order valence-corrected chi connectivity index (χ1v) is 6.20. The molecule has 18 heavy (non-hydrogen) atoms. The summed E-state index contributed by atoms with van der Waals surface area (Å²) < 4.78 is 10.4. The van der Waals surface area contributed by atoms with Crippen molar-refractivity contribution in [3.8, 4) is 0 Å². The summed E-state index contributed by atoms with van der Waals surface area (Å²) in [4.78, 5) is 11.0. The van der Waals surface area contributed by atoms with E-state index < -0.39 is 12.1 Å². The van der Waals surface area contributed by atoms with Gasteiger partial charge in [0.1, 0.15) is 0 Å². The number of hydrogen-bond donors (Lipinski definition) is 1. The smallest absolute Gasteiger partial charge is 0.332 e. The van der Waals surface area contributed by atoms with E-state index in [1.165, 1.54) is 0 Å². The molecule has 1 aromatic rings. The van der Waals surface area contributed by atoms with E-state index in [2.05, 4.69) is 0 Å². The number of aliphatic carboxylic acids is 1. The number of ether oxygens (including phenoxy) is 2. The minimum atomic E-state index is -0.914. The fraction of sp³-hybridized carbons (Fsp3) is 0.500. The molecule has 0 radical (unpaired) electrons. The zero-order valence-corrected chi connectivity index (χ0v) is 10.7. The van der Waals surface area contributed by atoms with Crippen molar-refractivity contribution in [1.82, 2.24) is 0 Å². The SMILES string of the molecule is CCOCCO[C@@H](CCc1ccccc1)C(=O)O. The molecule has 0 fully saturated rings. The van der Waals surface area contributed by atoms with Gasteiger partial charge in [0.15, 0.2) is 6.10 Å². The number of carbonyl (C=O) groups is 1.